The van der Waals surface area contributed by atoms with Crippen LogP contribution in [0.1, 0.15) is 80.3 Å². The summed E-state index contributed by atoms with van der Waals surface area (Å²) in [4.78, 5) is 14.3. The Kier molecular flexibility index (Phi) is 8.95. The molecule has 0 radical (unpaired) electrons. The van der Waals surface area contributed by atoms with Crippen molar-refractivity contribution in [3.63, 3.8) is 0 Å². The van der Waals surface area contributed by atoms with E-state index < -0.39 is 0 Å². The molecule has 0 saturated carbocycles. The standard InChI is InChI=1S/C27H41NO3S/c1-9-27(10-2,20-11-12-21(18(3)15-20)31-17-25(30)28-8)24-16-19(4)22(32-24)13-14-23(29)26(5,6)7/h11-12,15-16,23,29H,9-10,13-14,17H2,1-8H3,(H,28,30). The van der Waals surface area contributed by atoms with E-state index in [1.54, 1.807) is 7.05 Å². The zero-order valence-corrected chi connectivity index (χ0v) is 21.9. The Bertz CT molecular complexity index is 906. The lowest BCUT2D eigenvalue weighted by atomic mass is 9.74. The number of ether oxygens (including phenoxy) is 1. The van der Waals surface area contributed by atoms with Crippen LogP contribution in [0.2, 0.25) is 0 Å². The fraction of sp³-hybridized carbons (Fsp3) is 0.593. The highest BCUT2D eigenvalue weighted by molar-refractivity contribution is 7.12. The molecule has 1 atom stereocenters. The molecule has 178 valence electrons. The van der Waals surface area contributed by atoms with E-state index in [0.717, 1.165) is 37.0 Å². The molecule has 1 heterocycles. The normalized spacial score (nSPS) is 13.2. The van der Waals surface area contributed by atoms with Crippen LogP contribution in [-0.2, 0) is 16.6 Å². The van der Waals surface area contributed by atoms with Crippen LogP contribution in [0.25, 0.3) is 0 Å². The molecular formula is C27H41NO3S. The molecule has 1 amide bonds. The van der Waals surface area contributed by atoms with Crippen molar-refractivity contribution in [2.75, 3.05) is 13.7 Å². The summed E-state index contributed by atoms with van der Waals surface area (Å²) in [6.45, 7) is 15.0. The minimum atomic E-state index is -0.306. The van der Waals surface area contributed by atoms with Crippen molar-refractivity contribution in [3.8, 4) is 5.75 Å². The summed E-state index contributed by atoms with van der Waals surface area (Å²) >= 11 is 1.89. The third kappa shape index (κ3) is 5.93. The molecule has 2 N–H and O–H groups in total. The summed E-state index contributed by atoms with van der Waals surface area (Å²) in [6.07, 6.45) is 3.39. The van der Waals surface area contributed by atoms with E-state index in [9.17, 15) is 9.90 Å². The van der Waals surface area contributed by atoms with Gasteiger partial charge in [-0.15, -0.1) is 11.3 Å². The molecule has 0 aliphatic heterocycles. The molecule has 0 fully saturated rings. The zero-order chi connectivity index (χ0) is 24.1. The Morgan fingerprint density at radius 2 is 1.78 bits per heavy atom. The number of thiophene rings is 1. The average Bonchev–Trinajstić information content (AvgIpc) is 3.12. The van der Waals surface area contributed by atoms with Crippen molar-refractivity contribution >= 4 is 17.2 Å². The highest BCUT2D eigenvalue weighted by Crippen LogP contribution is 2.44. The number of rotatable bonds is 10. The van der Waals surface area contributed by atoms with E-state index in [1.165, 1.54) is 20.9 Å². The lowest BCUT2D eigenvalue weighted by Crippen LogP contribution is -2.26. The minimum Gasteiger partial charge on any atom is -0.484 e. The summed E-state index contributed by atoms with van der Waals surface area (Å²) < 4.78 is 5.70. The third-order valence-electron chi connectivity index (χ3n) is 6.71. The Morgan fingerprint density at radius 3 is 2.31 bits per heavy atom. The fourth-order valence-corrected chi connectivity index (χ4v) is 5.72. The average molecular weight is 460 g/mol. The number of carbonyl (C=O) groups is 1. The smallest absolute Gasteiger partial charge is 0.257 e. The SMILES string of the molecule is CCC(CC)(c1ccc(OCC(=O)NC)c(C)c1)c1cc(C)c(CCC(O)C(C)(C)C)s1. The maximum Gasteiger partial charge on any atom is 0.257 e. The maximum atomic E-state index is 11.5. The van der Waals surface area contributed by atoms with Gasteiger partial charge in [0.15, 0.2) is 6.61 Å². The topological polar surface area (TPSA) is 58.6 Å². The molecule has 2 rings (SSSR count). The van der Waals surface area contributed by atoms with Crippen molar-refractivity contribution in [2.45, 2.75) is 85.7 Å². The molecule has 0 aliphatic carbocycles. The van der Waals surface area contributed by atoms with Gasteiger partial charge in [-0.25, -0.2) is 0 Å². The molecule has 5 heteroatoms. The van der Waals surface area contributed by atoms with Gasteiger partial charge in [-0.3, -0.25) is 4.79 Å². The molecule has 1 aromatic heterocycles. The van der Waals surface area contributed by atoms with Crippen LogP contribution in [0.3, 0.4) is 0 Å². The second-order valence-corrected chi connectivity index (χ2v) is 11.0. The molecule has 1 aromatic carbocycles. The van der Waals surface area contributed by atoms with Crippen LogP contribution in [0.15, 0.2) is 24.3 Å². The van der Waals surface area contributed by atoms with E-state index in [0.29, 0.717) is 0 Å². The molecule has 0 spiro atoms. The van der Waals surface area contributed by atoms with Crippen molar-refractivity contribution in [3.05, 3.63) is 50.7 Å². The first-order valence-electron chi connectivity index (χ1n) is 11.7. The van der Waals surface area contributed by atoms with Crippen LogP contribution in [0, 0.1) is 19.3 Å². The Morgan fingerprint density at radius 1 is 1.12 bits per heavy atom. The van der Waals surface area contributed by atoms with Crippen molar-refractivity contribution in [1.82, 2.24) is 5.32 Å². The second-order valence-electron chi connectivity index (χ2n) is 9.87. The van der Waals surface area contributed by atoms with Crippen LogP contribution in [-0.4, -0.2) is 30.8 Å². The minimum absolute atomic E-state index is 0.0251. The van der Waals surface area contributed by atoms with Gasteiger partial charge in [-0.05, 0) is 73.8 Å². The van der Waals surface area contributed by atoms with Gasteiger partial charge in [-0.2, -0.15) is 0 Å². The first-order valence-corrected chi connectivity index (χ1v) is 12.5. The number of nitrogens with one attached hydrogen (secondary N) is 1. The molecule has 4 nitrogen and oxygen atoms in total. The van der Waals surface area contributed by atoms with E-state index >= 15 is 0 Å². The Balaban J connectivity index is 2.32. The lowest BCUT2D eigenvalue weighted by molar-refractivity contribution is -0.122. The zero-order valence-electron chi connectivity index (χ0n) is 21.1. The van der Waals surface area contributed by atoms with Crippen molar-refractivity contribution < 1.29 is 14.6 Å². The number of likely N-dealkylation sites (N-methyl/N-ethyl adjacent to an activating group) is 1. The molecule has 2 aromatic rings. The number of carbonyl (C=O) groups excluding carboxylic acids is 1. The first-order chi connectivity index (χ1) is 15.0. The molecule has 1 unspecified atom stereocenters. The van der Waals surface area contributed by atoms with Crippen LogP contribution in [0.5, 0.6) is 5.75 Å². The van der Waals surface area contributed by atoms with E-state index in [-0.39, 0.29) is 29.4 Å². The number of hydrogen-bond donors (Lipinski definition) is 2. The van der Waals surface area contributed by atoms with E-state index in [2.05, 4.69) is 65.1 Å². The number of benzene rings is 1. The monoisotopic (exact) mass is 459 g/mol. The van der Waals surface area contributed by atoms with Crippen LogP contribution >= 0.6 is 11.3 Å². The quantitative estimate of drug-likeness (QED) is 0.462. The lowest BCUT2D eigenvalue weighted by Gasteiger charge is -2.32. The molecule has 0 bridgehead atoms. The summed E-state index contributed by atoms with van der Waals surface area (Å²) in [5, 5.41) is 13.1. The van der Waals surface area contributed by atoms with Gasteiger partial charge in [0.1, 0.15) is 5.75 Å². The largest absolute Gasteiger partial charge is 0.484 e. The number of aliphatic hydroxyl groups is 1. The van der Waals surface area contributed by atoms with Crippen molar-refractivity contribution in [2.24, 2.45) is 5.41 Å². The van der Waals surface area contributed by atoms with Crippen molar-refractivity contribution in [1.29, 1.82) is 0 Å². The van der Waals surface area contributed by atoms with Gasteiger partial charge in [0, 0.05) is 22.2 Å². The maximum absolute atomic E-state index is 11.5. The summed E-state index contributed by atoms with van der Waals surface area (Å²) in [5.74, 6) is 0.612. The first kappa shape index (κ1) is 26.4. The second kappa shape index (κ2) is 10.8. The van der Waals surface area contributed by atoms with E-state index in [4.69, 9.17) is 4.74 Å². The van der Waals surface area contributed by atoms with Gasteiger partial charge < -0.3 is 15.2 Å². The Labute approximate surface area is 198 Å². The molecular weight excluding hydrogens is 418 g/mol. The summed E-state index contributed by atoms with van der Waals surface area (Å²) in [6, 6.07) is 8.71. The van der Waals surface area contributed by atoms with Crippen LogP contribution < -0.4 is 10.1 Å². The highest BCUT2D eigenvalue weighted by Gasteiger charge is 2.33. The Hall–Kier alpha value is -1.85. The van der Waals surface area contributed by atoms with E-state index in [1.807, 2.05) is 24.3 Å². The van der Waals surface area contributed by atoms with Gasteiger partial charge in [-0.1, -0.05) is 46.8 Å². The number of hydrogen-bond acceptors (Lipinski definition) is 4. The fourth-order valence-electron chi connectivity index (χ4n) is 4.18. The van der Waals surface area contributed by atoms with Gasteiger partial charge >= 0.3 is 0 Å². The summed E-state index contributed by atoms with van der Waals surface area (Å²) in [7, 11) is 1.61. The number of amides is 1. The predicted octanol–water partition coefficient (Wildman–Crippen LogP) is 5.94. The number of aliphatic hydroxyl groups excluding tert-OH is 1. The van der Waals surface area contributed by atoms with Gasteiger partial charge in [0.05, 0.1) is 6.10 Å². The van der Waals surface area contributed by atoms with Gasteiger partial charge in [0.2, 0.25) is 0 Å². The highest BCUT2D eigenvalue weighted by atomic mass is 32.1. The molecule has 0 aliphatic rings. The molecule has 0 saturated heterocycles. The van der Waals surface area contributed by atoms with Gasteiger partial charge in [0.25, 0.3) is 5.91 Å². The van der Waals surface area contributed by atoms with Crippen LogP contribution in [0.4, 0.5) is 0 Å². The number of aryl methyl sites for hydroxylation is 3. The predicted molar refractivity (Wildman–Crippen MR) is 135 cm³/mol. The summed E-state index contributed by atoms with van der Waals surface area (Å²) in [5.41, 5.74) is 3.50. The molecule has 32 heavy (non-hydrogen) atoms. The third-order valence-corrected chi connectivity index (χ3v) is 8.21.